The van der Waals surface area contributed by atoms with Crippen molar-refractivity contribution in [1.82, 2.24) is 10.2 Å². The van der Waals surface area contributed by atoms with E-state index in [1.165, 1.54) is 6.08 Å². The standard InChI is InChI=1S/C25H26N4O5S2/c1-17(2)16-36(31,32)25-29-28-24(35-25)27-23(30)20(15-26)14-19-6-10-22(11-7-19)34-13-12-33-21-8-4-18(3)5-9-21/h4-11,14,17H,12-13,16H2,1-3H3,(H,27,28,30)/b20-14-. The smallest absolute Gasteiger partial charge is 0.268 e. The lowest BCUT2D eigenvalue weighted by atomic mass is 10.1. The molecule has 1 amide bonds. The van der Waals surface area contributed by atoms with Crippen LogP contribution in [-0.2, 0) is 14.6 Å². The van der Waals surface area contributed by atoms with Crippen LogP contribution in [0.5, 0.6) is 11.5 Å². The summed E-state index contributed by atoms with van der Waals surface area (Å²) < 4.78 is 35.7. The van der Waals surface area contributed by atoms with Gasteiger partial charge in [-0.1, -0.05) is 55.0 Å². The van der Waals surface area contributed by atoms with Crippen molar-refractivity contribution in [1.29, 1.82) is 5.26 Å². The van der Waals surface area contributed by atoms with E-state index in [9.17, 15) is 18.5 Å². The summed E-state index contributed by atoms with van der Waals surface area (Å²) in [7, 11) is -3.58. The molecular weight excluding hydrogens is 500 g/mol. The summed E-state index contributed by atoms with van der Waals surface area (Å²) in [6, 6.07) is 16.5. The molecule has 1 aromatic heterocycles. The van der Waals surface area contributed by atoms with Gasteiger partial charge in [-0.15, -0.1) is 10.2 Å². The minimum Gasteiger partial charge on any atom is -0.490 e. The highest BCUT2D eigenvalue weighted by Crippen LogP contribution is 2.23. The van der Waals surface area contributed by atoms with Crippen LogP contribution in [0.25, 0.3) is 6.08 Å². The maximum atomic E-state index is 12.5. The van der Waals surface area contributed by atoms with Crippen molar-refractivity contribution >= 4 is 38.3 Å². The zero-order valence-electron chi connectivity index (χ0n) is 20.1. The Morgan fingerprint density at radius 3 is 2.19 bits per heavy atom. The van der Waals surface area contributed by atoms with Crippen molar-refractivity contribution in [2.24, 2.45) is 5.92 Å². The third-order valence-corrected chi connectivity index (χ3v) is 8.01. The highest BCUT2D eigenvalue weighted by Gasteiger charge is 2.22. The van der Waals surface area contributed by atoms with Gasteiger partial charge in [-0.2, -0.15) is 5.26 Å². The molecule has 2 aromatic carbocycles. The molecule has 0 saturated carbocycles. The number of sulfone groups is 1. The average Bonchev–Trinajstić information content (AvgIpc) is 3.31. The second kappa shape index (κ2) is 12.3. The first kappa shape index (κ1) is 26.8. The fraction of sp³-hybridized carbons (Fsp3) is 0.280. The fourth-order valence-corrected chi connectivity index (χ4v) is 5.60. The molecular formula is C25H26N4O5S2. The van der Waals surface area contributed by atoms with E-state index in [-0.39, 0.29) is 26.7 Å². The molecule has 3 aromatic rings. The molecule has 0 spiro atoms. The topological polar surface area (TPSA) is 131 Å². The number of hydrogen-bond acceptors (Lipinski definition) is 9. The lowest BCUT2D eigenvalue weighted by Crippen LogP contribution is -2.13. The number of nitrogens with zero attached hydrogens (tertiary/aromatic N) is 3. The van der Waals surface area contributed by atoms with Crippen molar-refractivity contribution in [3.63, 3.8) is 0 Å². The number of ether oxygens (including phenoxy) is 2. The SMILES string of the molecule is Cc1ccc(OCCOc2ccc(/C=C(/C#N)C(=O)Nc3nnc(S(=O)(=O)CC(C)C)s3)cc2)cc1. The summed E-state index contributed by atoms with van der Waals surface area (Å²) in [6.07, 6.45) is 1.41. The lowest BCUT2D eigenvalue weighted by molar-refractivity contribution is -0.112. The van der Waals surface area contributed by atoms with Gasteiger partial charge in [0.15, 0.2) is 0 Å². The monoisotopic (exact) mass is 526 g/mol. The van der Waals surface area contributed by atoms with Gasteiger partial charge in [0.2, 0.25) is 19.3 Å². The van der Waals surface area contributed by atoms with Gasteiger partial charge < -0.3 is 9.47 Å². The van der Waals surface area contributed by atoms with Crippen molar-refractivity contribution in [3.8, 4) is 17.6 Å². The number of anilines is 1. The van der Waals surface area contributed by atoms with Gasteiger partial charge in [-0.05, 0) is 48.7 Å². The molecule has 0 saturated heterocycles. The molecule has 9 nitrogen and oxygen atoms in total. The molecule has 1 heterocycles. The van der Waals surface area contributed by atoms with E-state index >= 15 is 0 Å². The summed E-state index contributed by atoms with van der Waals surface area (Å²) in [5, 5.41) is 19.2. The summed E-state index contributed by atoms with van der Waals surface area (Å²) in [5.74, 6) is 0.530. The van der Waals surface area contributed by atoms with Crippen LogP contribution in [0, 0.1) is 24.2 Å². The number of aromatic nitrogens is 2. The van der Waals surface area contributed by atoms with Crippen LogP contribution in [0.15, 0.2) is 58.4 Å². The van der Waals surface area contributed by atoms with Gasteiger partial charge in [-0.25, -0.2) is 8.42 Å². The Morgan fingerprint density at radius 2 is 1.64 bits per heavy atom. The average molecular weight is 527 g/mol. The highest BCUT2D eigenvalue weighted by molar-refractivity contribution is 7.93. The number of nitrogens with one attached hydrogen (secondary N) is 1. The molecule has 11 heteroatoms. The Balaban J connectivity index is 1.55. The third-order valence-electron chi connectivity index (χ3n) is 4.64. The van der Waals surface area contributed by atoms with E-state index < -0.39 is 15.7 Å². The molecule has 1 N–H and O–H groups in total. The molecule has 0 bridgehead atoms. The van der Waals surface area contributed by atoms with Gasteiger partial charge in [0.25, 0.3) is 5.91 Å². The van der Waals surface area contributed by atoms with Crippen molar-refractivity contribution in [2.45, 2.75) is 25.1 Å². The van der Waals surface area contributed by atoms with E-state index in [0.717, 1.165) is 22.6 Å². The first-order valence-corrected chi connectivity index (χ1v) is 13.5. The molecule has 0 fully saturated rings. The van der Waals surface area contributed by atoms with E-state index in [1.54, 1.807) is 38.1 Å². The van der Waals surface area contributed by atoms with Crippen LogP contribution in [0.2, 0.25) is 0 Å². The van der Waals surface area contributed by atoms with E-state index in [2.05, 4.69) is 15.5 Å². The predicted molar refractivity (Wildman–Crippen MR) is 138 cm³/mol. The van der Waals surface area contributed by atoms with E-state index in [4.69, 9.17) is 9.47 Å². The number of aryl methyl sites for hydroxylation is 1. The Hall–Kier alpha value is -3.75. The number of carbonyl (C=O) groups excluding carboxylic acids is 1. The Kier molecular flexibility index (Phi) is 9.16. The molecule has 36 heavy (non-hydrogen) atoms. The highest BCUT2D eigenvalue weighted by atomic mass is 32.2. The van der Waals surface area contributed by atoms with Crippen molar-refractivity contribution in [3.05, 3.63) is 65.2 Å². The van der Waals surface area contributed by atoms with Gasteiger partial charge >= 0.3 is 0 Å². The summed E-state index contributed by atoms with van der Waals surface area (Å²) in [6.45, 7) is 6.31. The molecule has 0 unspecified atom stereocenters. The van der Waals surface area contributed by atoms with Gasteiger partial charge in [0, 0.05) is 0 Å². The number of amides is 1. The molecule has 3 rings (SSSR count). The molecule has 0 aliphatic heterocycles. The Labute approximate surface area is 214 Å². The Bertz CT molecular complexity index is 1360. The van der Waals surface area contributed by atoms with Gasteiger partial charge in [0.05, 0.1) is 5.75 Å². The Morgan fingerprint density at radius 1 is 1.06 bits per heavy atom. The fourth-order valence-electron chi connectivity index (χ4n) is 2.99. The van der Waals surface area contributed by atoms with E-state index in [1.807, 2.05) is 37.3 Å². The normalized spacial score (nSPS) is 11.7. The van der Waals surface area contributed by atoms with Crippen LogP contribution in [0.4, 0.5) is 5.13 Å². The maximum absolute atomic E-state index is 12.5. The van der Waals surface area contributed by atoms with Crippen LogP contribution >= 0.6 is 11.3 Å². The number of hydrogen-bond donors (Lipinski definition) is 1. The first-order chi connectivity index (χ1) is 17.2. The minimum atomic E-state index is -3.58. The second-order valence-electron chi connectivity index (χ2n) is 8.25. The number of rotatable bonds is 11. The third kappa shape index (κ3) is 7.90. The maximum Gasteiger partial charge on any atom is 0.268 e. The second-order valence-corrected chi connectivity index (χ2v) is 11.4. The van der Waals surface area contributed by atoms with Crippen molar-refractivity contribution < 1.29 is 22.7 Å². The van der Waals surface area contributed by atoms with Crippen LogP contribution in [0.1, 0.15) is 25.0 Å². The minimum absolute atomic E-state index is 0.0000789. The van der Waals surface area contributed by atoms with Gasteiger partial charge in [-0.3, -0.25) is 10.1 Å². The molecule has 0 radical (unpaired) electrons. The van der Waals surface area contributed by atoms with E-state index in [0.29, 0.717) is 24.5 Å². The van der Waals surface area contributed by atoms with Gasteiger partial charge in [0.1, 0.15) is 36.4 Å². The predicted octanol–water partition coefficient (Wildman–Crippen LogP) is 4.28. The molecule has 0 aliphatic carbocycles. The lowest BCUT2D eigenvalue weighted by Gasteiger charge is -2.09. The van der Waals surface area contributed by atoms with Crippen molar-refractivity contribution in [2.75, 3.05) is 24.3 Å². The quantitative estimate of drug-likeness (QED) is 0.169. The summed E-state index contributed by atoms with van der Waals surface area (Å²) >= 11 is 0.749. The first-order valence-electron chi connectivity index (χ1n) is 11.1. The number of carbonyl (C=O) groups is 1. The van der Waals surface area contributed by atoms with Crippen LogP contribution < -0.4 is 14.8 Å². The van der Waals surface area contributed by atoms with Crippen LogP contribution in [0.3, 0.4) is 0 Å². The summed E-state index contributed by atoms with van der Waals surface area (Å²) in [5.41, 5.74) is 1.60. The largest absolute Gasteiger partial charge is 0.490 e. The zero-order valence-corrected chi connectivity index (χ0v) is 21.7. The van der Waals surface area contributed by atoms with Crippen LogP contribution in [-0.4, -0.2) is 43.5 Å². The number of nitriles is 1. The molecule has 0 atom stereocenters. The number of benzene rings is 2. The zero-order chi connectivity index (χ0) is 26.1. The molecule has 0 aliphatic rings. The summed E-state index contributed by atoms with van der Waals surface area (Å²) in [4.78, 5) is 12.5. The molecule has 188 valence electrons.